The molecule has 126 valence electrons. The van der Waals surface area contributed by atoms with Crippen molar-refractivity contribution in [3.63, 3.8) is 0 Å². The number of para-hydroxylation sites is 1. The third-order valence-electron chi connectivity index (χ3n) is 3.31. The summed E-state index contributed by atoms with van der Waals surface area (Å²) in [5.74, 6) is 1.53. The first kappa shape index (κ1) is 17.2. The average Bonchev–Trinajstić information content (AvgIpc) is 2.79. The zero-order valence-electron chi connectivity index (χ0n) is 12.7. The van der Waals surface area contributed by atoms with E-state index in [1.165, 1.54) is 0 Å². The topological polar surface area (TPSA) is 56.8 Å². The lowest BCUT2D eigenvalue weighted by atomic mass is 10.2. The number of halogens is 2. The average molecular weight is 460 g/mol. The number of ether oxygens (including phenoxy) is 3. The summed E-state index contributed by atoms with van der Waals surface area (Å²) in [7, 11) is 0. The highest BCUT2D eigenvalue weighted by molar-refractivity contribution is 14.1. The molecule has 3 rings (SSSR count). The number of hydrogen-bond donors (Lipinski definition) is 1. The van der Waals surface area contributed by atoms with Gasteiger partial charge in [-0.15, -0.1) is 0 Å². The van der Waals surface area contributed by atoms with Gasteiger partial charge in [-0.3, -0.25) is 4.79 Å². The van der Waals surface area contributed by atoms with E-state index in [1.54, 1.807) is 12.1 Å². The lowest BCUT2D eigenvalue weighted by Gasteiger charge is -2.13. The minimum Gasteiger partial charge on any atom is -0.490 e. The lowest BCUT2D eigenvalue weighted by molar-refractivity contribution is -0.118. The Hall–Kier alpha value is -1.67. The van der Waals surface area contributed by atoms with Crippen LogP contribution in [0.15, 0.2) is 36.4 Å². The van der Waals surface area contributed by atoms with Crippen molar-refractivity contribution in [3.8, 4) is 17.2 Å². The van der Waals surface area contributed by atoms with Gasteiger partial charge in [-0.25, -0.2) is 0 Å². The Morgan fingerprint density at radius 1 is 1.21 bits per heavy atom. The van der Waals surface area contributed by atoms with E-state index < -0.39 is 0 Å². The predicted molar refractivity (Wildman–Crippen MR) is 100 cm³/mol. The minimum atomic E-state index is -0.300. The van der Waals surface area contributed by atoms with Crippen molar-refractivity contribution in [1.29, 1.82) is 0 Å². The van der Waals surface area contributed by atoms with Crippen LogP contribution in [0.4, 0.5) is 5.69 Å². The highest BCUT2D eigenvalue weighted by Crippen LogP contribution is 2.37. The van der Waals surface area contributed by atoms with E-state index in [9.17, 15) is 4.79 Å². The van der Waals surface area contributed by atoms with Gasteiger partial charge in [-0.05, 0) is 34.7 Å². The number of carbonyl (C=O) groups excluding carboxylic acids is 1. The number of carbonyl (C=O) groups is 1. The Kier molecular flexibility index (Phi) is 5.68. The van der Waals surface area contributed by atoms with E-state index in [0.717, 1.165) is 9.99 Å². The zero-order chi connectivity index (χ0) is 16.9. The third-order valence-corrected chi connectivity index (χ3v) is 4.51. The maximum atomic E-state index is 12.1. The van der Waals surface area contributed by atoms with Crippen molar-refractivity contribution in [3.05, 3.63) is 45.0 Å². The van der Waals surface area contributed by atoms with Gasteiger partial charge in [0.05, 0.1) is 27.5 Å². The molecule has 0 spiro atoms. The standard InChI is InChI=1S/C17H15ClINO4/c18-11-8-15-16(23-7-3-6-22-15)9-13(11)20-17(21)10-24-14-5-2-1-4-12(14)19/h1-2,4-5,8-9H,3,6-7,10H2,(H,20,21). The first-order valence-electron chi connectivity index (χ1n) is 7.40. The van der Waals surface area contributed by atoms with Crippen molar-refractivity contribution in [2.24, 2.45) is 0 Å². The number of rotatable bonds is 4. The van der Waals surface area contributed by atoms with E-state index in [2.05, 4.69) is 27.9 Å². The van der Waals surface area contributed by atoms with Crippen LogP contribution in [0.25, 0.3) is 0 Å². The number of fused-ring (bicyclic) bond motifs is 1. The van der Waals surface area contributed by atoms with Crippen LogP contribution in [-0.2, 0) is 4.79 Å². The van der Waals surface area contributed by atoms with Crippen LogP contribution in [0.2, 0.25) is 5.02 Å². The molecular weight excluding hydrogens is 445 g/mol. The molecule has 1 heterocycles. The van der Waals surface area contributed by atoms with Crippen LogP contribution in [0, 0.1) is 3.57 Å². The third kappa shape index (κ3) is 4.24. The Bertz CT molecular complexity index is 753. The Morgan fingerprint density at radius 3 is 2.67 bits per heavy atom. The van der Waals surface area contributed by atoms with Crippen molar-refractivity contribution in [1.82, 2.24) is 0 Å². The normalized spacial score (nSPS) is 13.1. The number of benzene rings is 2. The first-order valence-corrected chi connectivity index (χ1v) is 8.85. The molecule has 1 aliphatic rings. The molecule has 0 saturated carbocycles. The lowest BCUT2D eigenvalue weighted by Crippen LogP contribution is -2.20. The predicted octanol–water partition coefficient (Wildman–Crippen LogP) is 4.12. The van der Waals surface area contributed by atoms with Gasteiger partial charge < -0.3 is 19.5 Å². The van der Waals surface area contributed by atoms with Crippen LogP contribution in [0.3, 0.4) is 0 Å². The Labute approximate surface area is 158 Å². The smallest absolute Gasteiger partial charge is 0.262 e. The highest BCUT2D eigenvalue weighted by atomic mass is 127. The van der Waals surface area contributed by atoms with Gasteiger partial charge in [0.1, 0.15) is 5.75 Å². The second-order valence-electron chi connectivity index (χ2n) is 5.10. The molecule has 0 radical (unpaired) electrons. The molecule has 0 aliphatic carbocycles. The summed E-state index contributed by atoms with van der Waals surface area (Å²) >= 11 is 8.36. The van der Waals surface area contributed by atoms with Gasteiger partial charge in [0, 0.05) is 18.6 Å². The maximum absolute atomic E-state index is 12.1. The molecule has 1 aliphatic heterocycles. The summed E-state index contributed by atoms with van der Waals surface area (Å²) in [5, 5.41) is 3.13. The molecule has 0 atom stereocenters. The van der Waals surface area contributed by atoms with E-state index in [-0.39, 0.29) is 12.5 Å². The van der Waals surface area contributed by atoms with Crippen LogP contribution in [-0.4, -0.2) is 25.7 Å². The second-order valence-corrected chi connectivity index (χ2v) is 6.67. The molecule has 1 N–H and O–H groups in total. The van der Waals surface area contributed by atoms with Crippen molar-refractivity contribution in [2.75, 3.05) is 25.1 Å². The SMILES string of the molecule is O=C(COc1ccccc1I)Nc1cc2c(cc1Cl)OCCCO2. The largest absolute Gasteiger partial charge is 0.490 e. The molecule has 0 aromatic heterocycles. The number of hydrogen-bond acceptors (Lipinski definition) is 4. The summed E-state index contributed by atoms with van der Waals surface area (Å²) in [5.41, 5.74) is 0.470. The van der Waals surface area contributed by atoms with Gasteiger partial charge >= 0.3 is 0 Å². The monoisotopic (exact) mass is 459 g/mol. The summed E-state index contributed by atoms with van der Waals surface area (Å²) in [6, 6.07) is 10.8. The quantitative estimate of drug-likeness (QED) is 0.699. The highest BCUT2D eigenvalue weighted by Gasteiger charge is 2.16. The van der Waals surface area contributed by atoms with E-state index in [4.69, 9.17) is 25.8 Å². The summed E-state index contributed by atoms with van der Waals surface area (Å²) in [4.78, 5) is 12.1. The first-order chi connectivity index (χ1) is 11.6. The van der Waals surface area contributed by atoms with Crippen LogP contribution < -0.4 is 19.5 Å². The zero-order valence-corrected chi connectivity index (χ0v) is 15.6. The molecule has 7 heteroatoms. The molecule has 24 heavy (non-hydrogen) atoms. The molecule has 0 fully saturated rings. The summed E-state index contributed by atoms with van der Waals surface area (Å²) in [6.07, 6.45) is 0.803. The van der Waals surface area contributed by atoms with Gasteiger partial charge in [0.25, 0.3) is 5.91 Å². The molecule has 2 aromatic carbocycles. The van der Waals surface area contributed by atoms with Crippen molar-refractivity contribution in [2.45, 2.75) is 6.42 Å². The van der Waals surface area contributed by atoms with E-state index in [0.29, 0.717) is 41.2 Å². The van der Waals surface area contributed by atoms with Crippen molar-refractivity contribution >= 4 is 45.8 Å². The van der Waals surface area contributed by atoms with Crippen LogP contribution >= 0.6 is 34.2 Å². The fraction of sp³-hybridized carbons (Fsp3) is 0.235. The summed E-state index contributed by atoms with van der Waals surface area (Å²) < 4.78 is 17.6. The van der Waals surface area contributed by atoms with Gasteiger partial charge in [0.15, 0.2) is 18.1 Å². The fourth-order valence-corrected chi connectivity index (χ4v) is 2.92. The number of amides is 1. The van der Waals surface area contributed by atoms with Crippen LogP contribution in [0.5, 0.6) is 17.2 Å². The maximum Gasteiger partial charge on any atom is 0.262 e. The molecule has 2 aromatic rings. The molecule has 1 amide bonds. The number of anilines is 1. The Morgan fingerprint density at radius 2 is 1.92 bits per heavy atom. The van der Waals surface area contributed by atoms with Gasteiger partial charge in [0.2, 0.25) is 0 Å². The second kappa shape index (κ2) is 7.94. The number of nitrogens with one attached hydrogen (secondary N) is 1. The van der Waals surface area contributed by atoms with E-state index >= 15 is 0 Å². The molecule has 0 unspecified atom stereocenters. The van der Waals surface area contributed by atoms with Gasteiger partial charge in [-0.2, -0.15) is 0 Å². The molecule has 5 nitrogen and oxygen atoms in total. The van der Waals surface area contributed by atoms with Gasteiger partial charge in [-0.1, -0.05) is 23.7 Å². The van der Waals surface area contributed by atoms with Crippen LogP contribution in [0.1, 0.15) is 6.42 Å². The van der Waals surface area contributed by atoms with Crippen molar-refractivity contribution < 1.29 is 19.0 Å². The summed E-state index contributed by atoms with van der Waals surface area (Å²) in [6.45, 7) is 1.04. The minimum absolute atomic E-state index is 0.106. The fourth-order valence-electron chi connectivity index (χ4n) is 2.17. The molecule has 0 bridgehead atoms. The molecule has 0 saturated heterocycles. The Balaban J connectivity index is 1.66. The molecular formula is C17H15ClINO4. The van der Waals surface area contributed by atoms with E-state index in [1.807, 2.05) is 24.3 Å².